The van der Waals surface area contributed by atoms with Crippen LogP contribution in [0.25, 0.3) is 11.3 Å². The quantitative estimate of drug-likeness (QED) is 0.724. The molecule has 2 aromatic rings. The largest absolute Gasteiger partial charge is 0.399 e. The molecule has 0 saturated heterocycles. The van der Waals surface area contributed by atoms with Gasteiger partial charge in [0.05, 0.1) is 18.4 Å². The lowest BCUT2D eigenvalue weighted by molar-refractivity contribution is 0.623. The molecule has 0 aliphatic carbocycles. The fraction of sp³-hybridized carbons (Fsp3) is 0.182. The highest BCUT2D eigenvalue weighted by molar-refractivity contribution is 5.63. The summed E-state index contributed by atoms with van der Waals surface area (Å²) in [7, 11) is 0. The summed E-state index contributed by atoms with van der Waals surface area (Å²) in [5.74, 6) is 0. The van der Waals surface area contributed by atoms with Crippen molar-refractivity contribution < 1.29 is 0 Å². The normalized spacial score (nSPS) is 10.5. The van der Waals surface area contributed by atoms with Gasteiger partial charge in [-0.2, -0.15) is 5.10 Å². The van der Waals surface area contributed by atoms with Gasteiger partial charge in [-0.05, 0) is 18.2 Å². The molecule has 1 aromatic carbocycles. The molecular formula is C11H13N4. The standard InChI is InChI=1S/C11H13N4/c12-5-7-15-6-4-11(14-15)9-2-1-3-10(13)8-9/h1-4,8H,5,7,12-13H2. The summed E-state index contributed by atoms with van der Waals surface area (Å²) in [6.07, 6.45) is 3.01. The Morgan fingerprint density at radius 1 is 1.40 bits per heavy atom. The second kappa shape index (κ2) is 4.14. The summed E-state index contributed by atoms with van der Waals surface area (Å²) in [5.41, 5.74) is 13.7. The molecule has 1 aromatic heterocycles. The average Bonchev–Trinajstić information content (AvgIpc) is 2.67. The minimum Gasteiger partial charge on any atom is -0.399 e. The Bertz CT molecular complexity index is 447. The Labute approximate surface area is 88.5 Å². The van der Waals surface area contributed by atoms with Gasteiger partial charge in [-0.15, -0.1) is 0 Å². The average molecular weight is 201 g/mol. The minimum atomic E-state index is 0.564. The smallest absolute Gasteiger partial charge is 0.0931 e. The lowest BCUT2D eigenvalue weighted by Gasteiger charge is -1.99. The molecular weight excluding hydrogens is 188 g/mol. The summed E-state index contributed by atoms with van der Waals surface area (Å²) < 4.78 is 1.71. The van der Waals surface area contributed by atoms with E-state index < -0.39 is 0 Å². The van der Waals surface area contributed by atoms with Crippen LogP contribution in [0, 0.1) is 6.20 Å². The van der Waals surface area contributed by atoms with Crippen molar-refractivity contribution in [3.05, 3.63) is 36.5 Å². The van der Waals surface area contributed by atoms with Crippen molar-refractivity contribution in [3.63, 3.8) is 0 Å². The number of rotatable bonds is 3. The van der Waals surface area contributed by atoms with E-state index in [9.17, 15) is 0 Å². The number of benzene rings is 1. The zero-order valence-electron chi connectivity index (χ0n) is 8.35. The van der Waals surface area contributed by atoms with Gasteiger partial charge in [-0.3, -0.25) is 4.68 Å². The first-order chi connectivity index (χ1) is 7.29. The first-order valence-electron chi connectivity index (χ1n) is 4.81. The van der Waals surface area contributed by atoms with E-state index in [2.05, 4.69) is 11.3 Å². The van der Waals surface area contributed by atoms with Gasteiger partial charge in [0.25, 0.3) is 0 Å². The number of nitrogens with two attached hydrogens (primary N) is 2. The van der Waals surface area contributed by atoms with Gasteiger partial charge in [0.1, 0.15) is 0 Å². The maximum absolute atomic E-state index is 5.70. The number of nitrogen functional groups attached to an aromatic ring is 1. The SMILES string of the molecule is NCCn1[c]cc(-c2cccc(N)c2)n1. The summed E-state index contributed by atoms with van der Waals surface area (Å²) in [6.45, 7) is 1.25. The van der Waals surface area contributed by atoms with Crippen LogP contribution in [0.15, 0.2) is 30.3 Å². The van der Waals surface area contributed by atoms with E-state index in [1.165, 1.54) is 0 Å². The fourth-order valence-corrected chi connectivity index (χ4v) is 1.40. The maximum atomic E-state index is 5.70. The molecule has 4 N–H and O–H groups in total. The molecule has 4 nitrogen and oxygen atoms in total. The molecule has 0 amide bonds. The lowest BCUT2D eigenvalue weighted by Crippen LogP contribution is -2.10. The third-order valence-electron chi connectivity index (χ3n) is 2.10. The van der Waals surface area contributed by atoms with E-state index in [1.54, 1.807) is 4.68 Å². The fourth-order valence-electron chi connectivity index (χ4n) is 1.40. The predicted molar refractivity (Wildman–Crippen MR) is 60.0 cm³/mol. The van der Waals surface area contributed by atoms with Crippen molar-refractivity contribution in [2.45, 2.75) is 6.54 Å². The summed E-state index contributed by atoms with van der Waals surface area (Å²) >= 11 is 0. The van der Waals surface area contributed by atoms with Crippen molar-refractivity contribution in [1.82, 2.24) is 9.78 Å². The first-order valence-corrected chi connectivity index (χ1v) is 4.81. The second-order valence-corrected chi connectivity index (χ2v) is 3.30. The molecule has 77 valence electrons. The van der Waals surface area contributed by atoms with Crippen molar-refractivity contribution in [2.24, 2.45) is 5.73 Å². The molecule has 0 atom stereocenters. The van der Waals surface area contributed by atoms with Gasteiger partial charge in [0.15, 0.2) is 0 Å². The molecule has 0 aliphatic heterocycles. The topological polar surface area (TPSA) is 69.9 Å². The van der Waals surface area contributed by atoms with Gasteiger partial charge >= 0.3 is 0 Å². The number of nitrogens with zero attached hydrogens (tertiary/aromatic N) is 2. The Morgan fingerprint density at radius 2 is 2.27 bits per heavy atom. The van der Waals surface area contributed by atoms with E-state index in [1.807, 2.05) is 30.3 Å². The van der Waals surface area contributed by atoms with Crippen LogP contribution in [-0.4, -0.2) is 16.3 Å². The van der Waals surface area contributed by atoms with Gasteiger partial charge in [-0.25, -0.2) is 0 Å². The highest BCUT2D eigenvalue weighted by Crippen LogP contribution is 2.18. The number of aromatic nitrogens is 2. The van der Waals surface area contributed by atoms with Gasteiger partial charge in [0, 0.05) is 17.8 Å². The highest BCUT2D eigenvalue weighted by Gasteiger charge is 2.02. The second-order valence-electron chi connectivity index (χ2n) is 3.30. The van der Waals surface area contributed by atoms with E-state index in [0.717, 1.165) is 16.9 Å². The first kappa shape index (κ1) is 9.73. The molecule has 0 spiro atoms. The van der Waals surface area contributed by atoms with E-state index in [-0.39, 0.29) is 0 Å². The maximum Gasteiger partial charge on any atom is 0.0931 e. The summed E-state index contributed by atoms with van der Waals surface area (Å²) in [5, 5.41) is 4.34. The van der Waals surface area contributed by atoms with E-state index >= 15 is 0 Å². The van der Waals surface area contributed by atoms with Crippen LogP contribution < -0.4 is 11.5 Å². The van der Waals surface area contributed by atoms with Crippen LogP contribution in [0.4, 0.5) is 5.69 Å². The van der Waals surface area contributed by atoms with Crippen LogP contribution in [-0.2, 0) is 6.54 Å². The van der Waals surface area contributed by atoms with Crippen LogP contribution in [0.3, 0.4) is 0 Å². The van der Waals surface area contributed by atoms with Crippen molar-refractivity contribution in [2.75, 3.05) is 12.3 Å². The zero-order valence-corrected chi connectivity index (χ0v) is 8.35. The summed E-state index contributed by atoms with van der Waals surface area (Å²) in [4.78, 5) is 0. The molecule has 0 fully saturated rings. The van der Waals surface area contributed by atoms with Crippen LogP contribution in [0.1, 0.15) is 0 Å². The Balaban J connectivity index is 2.29. The number of hydrogen-bond donors (Lipinski definition) is 2. The van der Waals surface area contributed by atoms with Crippen molar-refractivity contribution >= 4 is 5.69 Å². The predicted octanol–water partition coefficient (Wildman–Crippen LogP) is 0.891. The van der Waals surface area contributed by atoms with Crippen LogP contribution >= 0.6 is 0 Å². The van der Waals surface area contributed by atoms with E-state index in [0.29, 0.717) is 13.1 Å². The Hall–Kier alpha value is -1.81. The Kier molecular flexibility index (Phi) is 2.69. The van der Waals surface area contributed by atoms with Crippen LogP contribution in [0.2, 0.25) is 0 Å². The van der Waals surface area contributed by atoms with Gasteiger partial charge in [0.2, 0.25) is 0 Å². The monoisotopic (exact) mass is 201 g/mol. The molecule has 2 rings (SSSR count). The molecule has 15 heavy (non-hydrogen) atoms. The Morgan fingerprint density at radius 3 is 3.00 bits per heavy atom. The molecule has 0 unspecified atom stereocenters. The molecule has 0 aliphatic rings. The third kappa shape index (κ3) is 2.16. The summed E-state index contributed by atoms with van der Waals surface area (Å²) in [6, 6.07) is 9.46. The van der Waals surface area contributed by atoms with Crippen molar-refractivity contribution in [3.8, 4) is 11.3 Å². The van der Waals surface area contributed by atoms with Crippen LogP contribution in [0.5, 0.6) is 0 Å². The lowest BCUT2D eigenvalue weighted by atomic mass is 10.1. The van der Waals surface area contributed by atoms with Gasteiger partial charge < -0.3 is 11.5 Å². The third-order valence-corrected chi connectivity index (χ3v) is 2.10. The highest BCUT2D eigenvalue weighted by atomic mass is 15.3. The molecule has 1 radical (unpaired) electrons. The van der Waals surface area contributed by atoms with Gasteiger partial charge in [-0.1, -0.05) is 12.1 Å². The van der Waals surface area contributed by atoms with Crippen molar-refractivity contribution in [1.29, 1.82) is 0 Å². The number of anilines is 1. The molecule has 4 heteroatoms. The molecule has 0 bridgehead atoms. The molecule has 0 saturated carbocycles. The molecule has 1 heterocycles. The minimum absolute atomic E-state index is 0.564. The zero-order chi connectivity index (χ0) is 10.7. The number of hydrogen-bond acceptors (Lipinski definition) is 3. The van der Waals surface area contributed by atoms with E-state index in [4.69, 9.17) is 11.5 Å².